The van der Waals surface area contributed by atoms with Crippen LogP contribution in [0.5, 0.6) is 0 Å². The minimum absolute atomic E-state index is 0.0270. The Morgan fingerprint density at radius 1 is 1.18 bits per heavy atom. The van der Waals surface area contributed by atoms with Crippen molar-refractivity contribution in [1.29, 1.82) is 0 Å². The molecule has 7 heteroatoms. The molecule has 0 amide bonds. The Kier molecular flexibility index (Phi) is 4.23. The van der Waals surface area contributed by atoms with Crippen molar-refractivity contribution in [3.8, 4) is 0 Å². The van der Waals surface area contributed by atoms with Crippen LogP contribution in [0, 0.1) is 5.92 Å². The summed E-state index contributed by atoms with van der Waals surface area (Å²) in [5.41, 5.74) is 3.63. The van der Waals surface area contributed by atoms with Gasteiger partial charge in [-0.05, 0) is 36.5 Å². The number of aromatic nitrogens is 5. The molecule has 0 radical (unpaired) electrons. The molecule has 144 valence electrons. The van der Waals surface area contributed by atoms with Crippen molar-refractivity contribution in [3.05, 3.63) is 58.0 Å². The SMILES string of the molecule is C[C@@H]1CCCC[C@@H]1n1c(=O)n(Cc2ccc(Cl)nc2)c2cnc3[nH]ccc3c21. The molecule has 1 aliphatic carbocycles. The Balaban J connectivity index is 1.75. The molecular weight excluding hydrogens is 374 g/mol. The third-order valence-electron chi connectivity index (χ3n) is 6.03. The lowest BCUT2D eigenvalue weighted by Crippen LogP contribution is -2.32. The Morgan fingerprint density at radius 3 is 2.82 bits per heavy atom. The Labute approximate surface area is 167 Å². The van der Waals surface area contributed by atoms with Crippen LogP contribution in [0.15, 0.2) is 41.6 Å². The monoisotopic (exact) mass is 395 g/mol. The molecule has 5 rings (SSSR count). The van der Waals surface area contributed by atoms with Gasteiger partial charge in [0.05, 0.1) is 23.8 Å². The van der Waals surface area contributed by atoms with E-state index in [9.17, 15) is 4.79 Å². The van der Waals surface area contributed by atoms with Crippen LogP contribution in [-0.4, -0.2) is 24.1 Å². The Hall–Kier alpha value is -2.60. The van der Waals surface area contributed by atoms with Crippen LogP contribution in [0.1, 0.15) is 44.2 Å². The van der Waals surface area contributed by atoms with E-state index in [0.29, 0.717) is 17.6 Å². The lowest BCUT2D eigenvalue weighted by Gasteiger charge is -2.29. The molecule has 0 aliphatic heterocycles. The van der Waals surface area contributed by atoms with E-state index in [0.717, 1.165) is 46.9 Å². The van der Waals surface area contributed by atoms with Crippen LogP contribution in [0.25, 0.3) is 22.1 Å². The van der Waals surface area contributed by atoms with E-state index in [1.54, 1.807) is 12.3 Å². The molecule has 0 aromatic carbocycles. The first-order valence-corrected chi connectivity index (χ1v) is 10.2. The van der Waals surface area contributed by atoms with Crippen molar-refractivity contribution in [2.24, 2.45) is 5.92 Å². The average molecular weight is 396 g/mol. The molecule has 4 aromatic heterocycles. The molecule has 1 saturated carbocycles. The highest BCUT2D eigenvalue weighted by molar-refractivity contribution is 6.29. The maximum absolute atomic E-state index is 13.6. The highest BCUT2D eigenvalue weighted by atomic mass is 35.5. The van der Waals surface area contributed by atoms with Crippen molar-refractivity contribution >= 4 is 33.7 Å². The molecule has 0 unspecified atom stereocenters. The van der Waals surface area contributed by atoms with Gasteiger partial charge in [0.25, 0.3) is 0 Å². The second-order valence-electron chi connectivity index (χ2n) is 7.79. The minimum Gasteiger partial charge on any atom is -0.346 e. The van der Waals surface area contributed by atoms with E-state index in [2.05, 4.69) is 21.9 Å². The fourth-order valence-corrected chi connectivity index (χ4v) is 4.70. The van der Waals surface area contributed by atoms with E-state index < -0.39 is 0 Å². The fraction of sp³-hybridized carbons (Fsp3) is 0.381. The first-order valence-electron chi connectivity index (χ1n) is 9.81. The second-order valence-corrected chi connectivity index (χ2v) is 8.18. The molecule has 1 fully saturated rings. The maximum atomic E-state index is 13.6. The molecule has 4 heterocycles. The van der Waals surface area contributed by atoms with E-state index >= 15 is 0 Å². The van der Waals surface area contributed by atoms with Crippen molar-refractivity contribution in [3.63, 3.8) is 0 Å². The summed E-state index contributed by atoms with van der Waals surface area (Å²) in [5.74, 6) is 0.477. The predicted molar refractivity (Wildman–Crippen MR) is 111 cm³/mol. The zero-order valence-corrected chi connectivity index (χ0v) is 16.5. The molecule has 0 bridgehead atoms. The molecule has 28 heavy (non-hydrogen) atoms. The number of nitrogens with zero attached hydrogens (tertiary/aromatic N) is 4. The van der Waals surface area contributed by atoms with E-state index in [4.69, 9.17) is 11.6 Å². The van der Waals surface area contributed by atoms with E-state index in [1.165, 1.54) is 6.42 Å². The molecule has 1 N–H and O–H groups in total. The van der Waals surface area contributed by atoms with Gasteiger partial charge in [0.2, 0.25) is 0 Å². The van der Waals surface area contributed by atoms with Crippen molar-refractivity contribution in [2.45, 2.75) is 45.2 Å². The summed E-state index contributed by atoms with van der Waals surface area (Å²) in [6.07, 6.45) is 10.0. The lowest BCUT2D eigenvalue weighted by molar-refractivity contribution is 0.256. The molecule has 0 saturated heterocycles. The number of nitrogens with one attached hydrogen (secondary N) is 1. The summed E-state index contributed by atoms with van der Waals surface area (Å²) in [4.78, 5) is 25.5. The molecule has 6 nitrogen and oxygen atoms in total. The molecule has 2 atom stereocenters. The second kappa shape index (κ2) is 6.78. The molecule has 4 aromatic rings. The van der Waals surface area contributed by atoms with Gasteiger partial charge in [-0.25, -0.2) is 14.8 Å². The van der Waals surface area contributed by atoms with Crippen LogP contribution in [0.3, 0.4) is 0 Å². The number of H-pyrrole nitrogens is 1. The van der Waals surface area contributed by atoms with Gasteiger partial charge in [-0.2, -0.15) is 0 Å². The summed E-state index contributed by atoms with van der Waals surface area (Å²) >= 11 is 5.92. The van der Waals surface area contributed by atoms with Gasteiger partial charge in [-0.15, -0.1) is 0 Å². The summed E-state index contributed by atoms with van der Waals surface area (Å²) in [6, 6.07) is 5.90. The van der Waals surface area contributed by atoms with Crippen molar-refractivity contribution in [2.75, 3.05) is 0 Å². The van der Waals surface area contributed by atoms with Crippen LogP contribution < -0.4 is 5.69 Å². The number of imidazole rings is 1. The van der Waals surface area contributed by atoms with Gasteiger partial charge in [0, 0.05) is 23.8 Å². The van der Waals surface area contributed by atoms with Crippen LogP contribution in [-0.2, 0) is 6.54 Å². The number of pyridine rings is 2. The van der Waals surface area contributed by atoms with Gasteiger partial charge in [-0.1, -0.05) is 37.4 Å². The predicted octanol–water partition coefficient (Wildman–Crippen LogP) is 4.53. The third kappa shape index (κ3) is 2.75. The summed E-state index contributed by atoms with van der Waals surface area (Å²) in [6.45, 7) is 2.71. The van der Waals surface area contributed by atoms with Gasteiger partial charge in [-0.3, -0.25) is 9.13 Å². The van der Waals surface area contributed by atoms with Gasteiger partial charge >= 0.3 is 5.69 Å². The summed E-state index contributed by atoms with van der Waals surface area (Å²) in [5, 5.41) is 1.45. The summed E-state index contributed by atoms with van der Waals surface area (Å²) < 4.78 is 3.85. The first kappa shape index (κ1) is 17.5. The van der Waals surface area contributed by atoms with Crippen LogP contribution >= 0.6 is 11.6 Å². The van der Waals surface area contributed by atoms with Crippen molar-refractivity contribution < 1.29 is 0 Å². The smallest absolute Gasteiger partial charge is 0.329 e. The largest absolute Gasteiger partial charge is 0.346 e. The summed E-state index contributed by atoms with van der Waals surface area (Å²) in [7, 11) is 0. The first-order chi connectivity index (χ1) is 13.6. The van der Waals surface area contributed by atoms with Crippen molar-refractivity contribution in [1.82, 2.24) is 24.1 Å². The average Bonchev–Trinajstić information content (AvgIpc) is 3.27. The number of rotatable bonds is 3. The molecular formula is C21H22ClN5O. The Morgan fingerprint density at radius 2 is 2.04 bits per heavy atom. The highest BCUT2D eigenvalue weighted by Crippen LogP contribution is 2.36. The van der Waals surface area contributed by atoms with Gasteiger partial charge in [0.1, 0.15) is 10.8 Å². The van der Waals surface area contributed by atoms with Gasteiger partial charge < -0.3 is 4.98 Å². The maximum Gasteiger partial charge on any atom is 0.329 e. The van der Waals surface area contributed by atoms with Gasteiger partial charge in [0.15, 0.2) is 0 Å². The quantitative estimate of drug-likeness (QED) is 0.518. The highest BCUT2D eigenvalue weighted by Gasteiger charge is 2.28. The number of aromatic amines is 1. The zero-order valence-electron chi connectivity index (χ0n) is 15.7. The normalized spacial score (nSPS) is 20.2. The van der Waals surface area contributed by atoms with Crippen LogP contribution in [0.4, 0.5) is 0 Å². The number of hydrogen-bond donors (Lipinski definition) is 1. The topological polar surface area (TPSA) is 68.5 Å². The van der Waals surface area contributed by atoms with E-state index in [1.807, 2.05) is 33.7 Å². The zero-order chi connectivity index (χ0) is 19.3. The minimum atomic E-state index is 0.0270. The number of fused-ring (bicyclic) bond motifs is 3. The fourth-order valence-electron chi connectivity index (χ4n) is 4.59. The van der Waals surface area contributed by atoms with Crippen LogP contribution in [0.2, 0.25) is 5.15 Å². The number of halogens is 1. The number of hydrogen-bond acceptors (Lipinski definition) is 3. The standard InChI is InChI=1S/C21H22ClN5O/c1-13-4-2-3-5-16(13)27-19-15-8-9-23-20(15)25-11-17(19)26(21(27)28)12-14-6-7-18(22)24-10-14/h6-11,13,16H,2-5,12H2,1H3,(H,23,25)/t13-,16+/m1/s1. The Bertz CT molecular complexity index is 1200. The third-order valence-corrected chi connectivity index (χ3v) is 6.26. The van der Waals surface area contributed by atoms with E-state index in [-0.39, 0.29) is 11.7 Å². The molecule has 1 aliphatic rings. The molecule has 0 spiro atoms. The lowest BCUT2D eigenvalue weighted by atomic mass is 9.85.